The van der Waals surface area contributed by atoms with Crippen molar-refractivity contribution in [1.29, 1.82) is 0 Å². The van der Waals surface area contributed by atoms with Crippen LogP contribution in [0.5, 0.6) is 0 Å². The fourth-order valence-corrected chi connectivity index (χ4v) is 4.00. The maximum atomic E-state index is 12.2. The molecule has 1 aliphatic heterocycles. The monoisotopic (exact) mass is 295 g/mol. The van der Waals surface area contributed by atoms with E-state index in [1.54, 1.807) is 4.67 Å². The average Bonchev–Trinajstić information content (AvgIpc) is 2.61. The summed E-state index contributed by atoms with van der Waals surface area (Å²) in [7, 11) is -3.21. The van der Waals surface area contributed by atoms with E-state index in [1.807, 2.05) is 0 Å². The Kier molecular flexibility index (Phi) is 6.23. The van der Waals surface area contributed by atoms with Crippen molar-refractivity contribution in [3.05, 3.63) is 0 Å². The summed E-state index contributed by atoms with van der Waals surface area (Å²) in [6, 6.07) is 0. The van der Waals surface area contributed by atoms with Crippen LogP contribution >= 0.6 is 42.5 Å². The van der Waals surface area contributed by atoms with Crippen LogP contribution in [0, 0.1) is 0 Å². The van der Waals surface area contributed by atoms with Crippen LogP contribution in [0.1, 0.15) is 0 Å². The molecule has 0 radical (unpaired) electrons. The van der Waals surface area contributed by atoms with Gasteiger partial charge in [0.15, 0.2) is 0 Å². The van der Waals surface area contributed by atoms with E-state index in [-0.39, 0.29) is 18.6 Å². The molecule has 4 nitrogen and oxygen atoms in total. The molecule has 0 N–H and O–H groups in total. The summed E-state index contributed by atoms with van der Waals surface area (Å²) >= 11 is 16.8. The van der Waals surface area contributed by atoms with E-state index in [1.165, 1.54) is 0 Å². The van der Waals surface area contributed by atoms with Gasteiger partial charge in [-0.05, 0) is 0 Å². The second-order valence-electron chi connectivity index (χ2n) is 2.98. The van der Waals surface area contributed by atoms with Gasteiger partial charge in [0.25, 0.3) is 0 Å². The molecule has 0 amide bonds. The third-order valence-corrected chi connectivity index (χ3v) is 4.72. The molecule has 90 valence electrons. The minimum absolute atomic E-state index is 0.252. The van der Waals surface area contributed by atoms with Crippen LogP contribution in [-0.4, -0.2) is 48.1 Å². The third-order valence-electron chi connectivity index (χ3n) is 1.91. The van der Waals surface area contributed by atoms with E-state index >= 15 is 0 Å². The molecule has 2 atom stereocenters. The van der Waals surface area contributed by atoms with Gasteiger partial charge in [-0.25, -0.2) is 9.24 Å². The SMILES string of the molecule is O=[P@@]1(N(CCCl)CCCl)OC[C@H](CCl)O1. The van der Waals surface area contributed by atoms with E-state index < -0.39 is 7.75 Å². The van der Waals surface area contributed by atoms with Gasteiger partial charge in [-0.2, -0.15) is 0 Å². The fourth-order valence-electron chi connectivity index (χ4n) is 1.20. The molecule has 0 aromatic heterocycles. The summed E-state index contributed by atoms with van der Waals surface area (Å²) in [4.78, 5) is 0. The molecule has 1 heterocycles. The summed E-state index contributed by atoms with van der Waals surface area (Å²) in [6.45, 7) is 1.09. The summed E-state index contributed by atoms with van der Waals surface area (Å²) in [5.41, 5.74) is 0. The van der Waals surface area contributed by atoms with Gasteiger partial charge in [0, 0.05) is 24.8 Å². The van der Waals surface area contributed by atoms with Crippen LogP contribution in [0.2, 0.25) is 0 Å². The molecule has 0 aromatic rings. The van der Waals surface area contributed by atoms with Gasteiger partial charge in [-0.15, -0.1) is 34.8 Å². The van der Waals surface area contributed by atoms with E-state index in [9.17, 15) is 4.57 Å². The van der Waals surface area contributed by atoms with Gasteiger partial charge in [0.05, 0.1) is 12.5 Å². The van der Waals surface area contributed by atoms with Crippen molar-refractivity contribution < 1.29 is 13.6 Å². The summed E-state index contributed by atoms with van der Waals surface area (Å²) in [6.07, 6.45) is -0.314. The summed E-state index contributed by atoms with van der Waals surface area (Å²) in [5, 5.41) is 0. The standard InChI is InChI=1S/C7H13Cl3NO3P/c8-1-3-11(4-2-9)15(12)13-6-7(5-10)14-15/h7H,1-6H2/t7-,15-/m0/s1. The van der Waals surface area contributed by atoms with Gasteiger partial charge in [0.1, 0.15) is 6.10 Å². The average molecular weight is 297 g/mol. The molecule has 1 saturated heterocycles. The number of hydrogen-bond donors (Lipinski definition) is 0. The second-order valence-corrected chi connectivity index (χ2v) is 6.01. The Bertz CT molecular complexity index is 238. The topological polar surface area (TPSA) is 38.8 Å². The molecule has 0 unspecified atom stereocenters. The van der Waals surface area contributed by atoms with Gasteiger partial charge in [-0.3, -0.25) is 9.05 Å². The van der Waals surface area contributed by atoms with Gasteiger partial charge in [0.2, 0.25) is 0 Å². The highest BCUT2D eigenvalue weighted by Gasteiger charge is 2.41. The van der Waals surface area contributed by atoms with Gasteiger partial charge in [-0.1, -0.05) is 0 Å². The van der Waals surface area contributed by atoms with E-state index in [0.717, 1.165) is 0 Å². The molecule has 1 fully saturated rings. The predicted molar refractivity (Wildman–Crippen MR) is 62.2 cm³/mol. The lowest BCUT2D eigenvalue weighted by atomic mass is 10.5. The van der Waals surface area contributed by atoms with E-state index in [4.69, 9.17) is 43.9 Å². The molecule has 0 spiro atoms. The van der Waals surface area contributed by atoms with Crippen molar-refractivity contribution in [2.45, 2.75) is 6.10 Å². The Labute approximate surface area is 104 Å². The number of hydrogen-bond acceptors (Lipinski definition) is 3. The molecule has 1 aliphatic rings. The van der Waals surface area contributed by atoms with Crippen molar-refractivity contribution in [3.63, 3.8) is 0 Å². The highest BCUT2D eigenvalue weighted by atomic mass is 35.5. The minimum atomic E-state index is -3.21. The molecule has 15 heavy (non-hydrogen) atoms. The molecule has 0 aliphatic carbocycles. The van der Waals surface area contributed by atoms with Crippen LogP contribution in [0.4, 0.5) is 0 Å². The smallest absolute Gasteiger partial charge is 0.294 e. The van der Waals surface area contributed by atoms with Crippen LogP contribution in [0.3, 0.4) is 0 Å². The first-order chi connectivity index (χ1) is 7.16. The minimum Gasteiger partial charge on any atom is -0.294 e. The zero-order valence-electron chi connectivity index (χ0n) is 8.07. The Morgan fingerprint density at radius 1 is 1.27 bits per heavy atom. The third kappa shape index (κ3) is 3.74. The lowest BCUT2D eigenvalue weighted by Crippen LogP contribution is -2.25. The first kappa shape index (κ1) is 14.0. The Morgan fingerprint density at radius 3 is 2.27 bits per heavy atom. The number of halogens is 3. The fraction of sp³-hybridized carbons (Fsp3) is 1.00. The second kappa shape index (κ2) is 6.65. The molecule has 0 bridgehead atoms. The van der Waals surface area contributed by atoms with Crippen molar-refractivity contribution >= 4 is 42.5 Å². The normalized spacial score (nSPS) is 31.3. The lowest BCUT2D eigenvalue weighted by Gasteiger charge is -2.24. The maximum Gasteiger partial charge on any atom is 0.408 e. The number of alkyl halides is 3. The maximum absolute atomic E-state index is 12.2. The van der Waals surface area contributed by atoms with Crippen molar-refractivity contribution in [2.24, 2.45) is 0 Å². The van der Waals surface area contributed by atoms with Gasteiger partial charge < -0.3 is 0 Å². The van der Waals surface area contributed by atoms with Crippen molar-refractivity contribution in [3.8, 4) is 0 Å². The molecule has 8 heteroatoms. The zero-order valence-corrected chi connectivity index (χ0v) is 11.2. The number of nitrogens with zero attached hydrogens (tertiary/aromatic N) is 1. The van der Waals surface area contributed by atoms with E-state index in [0.29, 0.717) is 24.8 Å². The first-order valence-electron chi connectivity index (χ1n) is 4.52. The number of rotatable bonds is 6. The summed E-state index contributed by atoms with van der Waals surface area (Å²) in [5.74, 6) is 0.956. The largest absolute Gasteiger partial charge is 0.408 e. The van der Waals surface area contributed by atoms with Crippen LogP contribution in [0.25, 0.3) is 0 Å². The Balaban J connectivity index is 2.61. The van der Waals surface area contributed by atoms with Gasteiger partial charge >= 0.3 is 7.75 Å². The quantitative estimate of drug-likeness (QED) is 0.558. The molecular weight excluding hydrogens is 283 g/mol. The Morgan fingerprint density at radius 2 is 1.87 bits per heavy atom. The van der Waals surface area contributed by atoms with Crippen LogP contribution in [0.15, 0.2) is 0 Å². The molecule has 0 saturated carbocycles. The van der Waals surface area contributed by atoms with Crippen LogP contribution in [-0.2, 0) is 13.6 Å². The molecular formula is C7H13Cl3NO3P. The zero-order chi connectivity index (χ0) is 11.3. The van der Waals surface area contributed by atoms with Crippen molar-refractivity contribution in [2.75, 3.05) is 37.3 Å². The van der Waals surface area contributed by atoms with Crippen molar-refractivity contribution in [1.82, 2.24) is 4.67 Å². The first-order valence-corrected chi connectivity index (χ1v) is 7.62. The highest BCUT2D eigenvalue weighted by molar-refractivity contribution is 7.51. The van der Waals surface area contributed by atoms with Crippen LogP contribution < -0.4 is 0 Å². The van der Waals surface area contributed by atoms with E-state index in [2.05, 4.69) is 0 Å². The molecule has 1 rings (SSSR count). The predicted octanol–water partition coefficient (Wildman–Crippen LogP) is 2.53. The molecule has 0 aromatic carbocycles. The lowest BCUT2D eigenvalue weighted by molar-refractivity contribution is 0.238. The Hall–Kier alpha value is 0.980. The highest BCUT2D eigenvalue weighted by Crippen LogP contribution is 2.56. The summed E-state index contributed by atoms with van der Waals surface area (Å²) < 4.78 is 24.2.